The lowest BCUT2D eigenvalue weighted by Crippen LogP contribution is -2.37. The lowest BCUT2D eigenvalue weighted by atomic mass is 10.0. The van der Waals surface area contributed by atoms with Crippen LogP contribution in [0.3, 0.4) is 0 Å². The van der Waals surface area contributed by atoms with Crippen LogP contribution in [0, 0.1) is 6.92 Å². The highest BCUT2D eigenvalue weighted by Gasteiger charge is 2.13. The number of hydrogen-bond donors (Lipinski definition) is 2. The molecule has 0 saturated heterocycles. The summed E-state index contributed by atoms with van der Waals surface area (Å²) in [5, 5.41) is 1.61. The lowest BCUT2D eigenvalue weighted by molar-refractivity contribution is -0.125. The molecule has 0 spiro atoms. The Bertz CT molecular complexity index is 433. The van der Waals surface area contributed by atoms with E-state index in [1.807, 2.05) is 32.0 Å². The van der Waals surface area contributed by atoms with Crippen molar-refractivity contribution in [2.45, 2.75) is 26.3 Å². The first-order valence-electron chi connectivity index (χ1n) is 6.39. The number of nitrogens with one attached hydrogen (secondary N) is 1. The molecule has 0 fully saturated rings. The predicted octanol–water partition coefficient (Wildman–Crippen LogP) is 1.38. The summed E-state index contributed by atoms with van der Waals surface area (Å²) < 4.78 is 5.48. The second kappa shape index (κ2) is 7.11. The molecule has 0 bridgehead atoms. The molecular formula is C14H23N3O2. The smallest absolute Gasteiger partial charge is 0.236 e. The van der Waals surface area contributed by atoms with Gasteiger partial charge in [-0.15, -0.1) is 0 Å². The van der Waals surface area contributed by atoms with Gasteiger partial charge in [0, 0.05) is 26.6 Å². The Balaban J connectivity index is 2.69. The minimum atomic E-state index is -0.311. The van der Waals surface area contributed by atoms with Gasteiger partial charge in [0.1, 0.15) is 5.75 Å². The molecule has 0 radical (unpaired) electrons. The van der Waals surface area contributed by atoms with Gasteiger partial charge in [-0.2, -0.15) is 0 Å². The van der Waals surface area contributed by atoms with Crippen molar-refractivity contribution in [2.24, 2.45) is 5.73 Å². The van der Waals surface area contributed by atoms with E-state index in [1.54, 1.807) is 19.1 Å². The third-order valence-corrected chi connectivity index (χ3v) is 2.68. The third-order valence-electron chi connectivity index (χ3n) is 2.68. The number of nitrogens with two attached hydrogens (primary N) is 1. The molecule has 5 heteroatoms. The molecular weight excluding hydrogens is 242 g/mol. The van der Waals surface area contributed by atoms with Crippen LogP contribution in [-0.4, -0.2) is 31.6 Å². The van der Waals surface area contributed by atoms with Crippen LogP contribution in [0.25, 0.3) is 0 Å². The number of rotatable bonds is 6. The number of amides is 1. The highest BCUT2D eigenvalue weighted by Crippen LogP contribution is 2.23. The molecule has 5 nitrogen and oxygen atoms in total. The minimum absolute atomic E-state index is 0.0935. The highest BCUT2D eigenvalue weighted by atomic mass is 16.5. The monoisotopic (exact) mass is 265 g/mol. The Morgan fingerprint density at radius 2 is 2.16 bits per heavy atom. The molecule has 1 amide bonds. The van der Waals surface area contributed by atoms with Gasteiger partial charge in [-0.3, -0.25) is 10.2 Å². The number of benzene rings is 1. The molecule has 19 heavy (non-hydrogen) atoms. The van der Waals surface area contributed by atoms with E-state index < -0.39 is 0 Å². The first-order chi connectivity index (χ1) is 8.93. The number of ether oxygens (including phenoxy) is 1. The molecule has 1 rings (SSSR count). The average molecular weight is 265 g/mol. The Morgan fingerprint density at radius 1 is 1.47 bits per heavy atom. The molecule has 1 unspecified atom stereocenters. The Labute approximate surface area is 114 Å². The summed E-state index contributed by atoms with van der Waals surface area (Å²) in [7, 11) is 3.54. The first-order valence-corrected chi connectivity index (χ1v) is 6.39. The van der Waals surface area contributed by atoms with Gasteiger partial charge in [0.15, 0.2) is 0 Å². The standard InChI is InChI=1S/C14H23N3O2/c1-5-19-13-7-6-11(8-10(13)2)12(15)9-14(18)16-17(3)4/h6-8,12H,5,9,15H2,1-4H3,(H,16,18). The summed E-state index contributed by atoms with van der Waals surface area (Å²) in [5.74, 6) is 0.764. The lowest BCUT2D eigenvalue weighted by Gasteiger charge is -2.16. The Kier molecular flexibility index (Phi) is 5.79. The molecule has 0 aromatic heterocycles. The zero-order chi connectivity index (χ0) is 14.4. The summed E-state index contributed by atoms with van der Waals surface area (Å²) in [4.78, 5) is 11.6. The van der Waals surface area contributed by atoms with Gasteiger partial charge in [-0.25, -0.2) is 5.01 Å². The van der Waals surface area contributed by atoms with Crippen molar-refractivity contribution < 1.29 is 9.53 Å². The zero-order valence-corrected chi connectivity index (χ0v) is 12.1. The molecule has 0 aliphatic carbocycles. The van der Waals surface area contributed by atoms with Crippen LogP contribution in [0.5, 0.6) is 5.75 Å². The van der Waals surface area contributed by atoms with Crippen LogP contribution >= 0.6 is 0 Å². The fourth-order valence-electron chi connectivity index (χ4n) is 1.83. The van der Waals surface area contributed by atoms with Gasteiger partial charge in [0.2, 0.25) is 5.91 Å². The maximum Gasteiger partial charge on any atom is 0.236 e. The van der Waals surface area contributed by atoms with Crippen molar-refractivity contribution in [3.63, 3.8) is 0 Å². The van der Waals surface area contributed by atoms with Crippen molar-refractivity contribution in [2.75, 3.05) is 20.7 Å². The topological polar surface area (TPSA) is 67.6 Å². The van der Waals surface area contributed by atoms with Crippen molar-refractivity contribution in [3.8, 4) is 5.75 Å². The molecule has 0 heterocycles. The maximum absolute atomic E-state index is 11.6. The van der Waals surface area contributed by atoms with Gasteiger partial charge in [-0.1, -0.05) is 12.1 Å². The maximum atomic E-state index is 11.6. The molecule has 106 valence electrons. The summed E-state index contributed by atoms with van der Waals surface area (Å²) >= 11 is 0. The van der Waals surface area contributed by atoms with Gasteiger partial charge in [-0.05, 0) is 31.0 Å². The van der Waals surface area contributed by atoms with Gasteiger partial charge < -0.3 is 10.5 Å². The number of aryl methyl sites for hydroxylation is 1. The van der Waals surface area contributed by atoms with Crippen molar-refractivity contribution in [1.29, 1.82) is 0 Å². The Morgan fingerprint density at radius 3 is 2.68 bits per heavy atom. The largest absolute Gasteiger partial charge is 0.494 e. The first kappa shape index (κ1) is 15.5. The van der Waals surface area contributed by atoms with Gasteiger partial charge in [0.05, 0.1) is 6.61 Å². The van der Waals surface area contributed by atoms with Crippen LogP contribution in [0.1, 0.15) is 30.5 Å². The second-order valence-corrected chi connectivity index (χ2v) is 4.70. The molecule has 0 aliphatic rings. The number of hydrazine groups is 1. The SMILES string of the molecule is CCOc1ccc(C(N)CC(=O)NN(C)C)cc1C. The predicted molar refractivity (Wildman–Crippen MR) is 75.7 cm³/mol. The number of carbonyl (C=O) groups excluding carboxylic acids is 1. The van der Waals surface area contributed by atoms with E-state index in [0.717, 1.165) is 16.9 Å². The summed E-state index contributed by atoms with van der Waals surface area (Å²) in [6.07, 6.45) is 0.256. The van der Waals surface area contributed by atoms with E-state index in [1.165, 1.54) is 0 Å². The zero-order valence-electron chi connectivity index (χ0n) is 12.1. The fourth-order valence-corrected chi connectivity index (χ4v) is 1.83. The number of hydrogen-bond acceptors (Lipinski definition) is 4. The number of nitrogens with zero attached hydrogens (tertiary/aromatic N) is 1. The number of carbonyl (C=O) groups is 1. The Hall–Kier alpha value is -1.59. The quantitative estimate of drug-likeness (QED) is 0.762. The molecule has 1 aromatic carbocycles. The normalized spacial score (nSPS) is 12.3. The van der Waals surface area contributed by atoms with E-state index in [0.29, 0.717) is 6.61 Å². The van der Waals surface area contributed by atoms with Crippen LogP contribution in [0.4, 0.5) is 0 Å². The van der Waals surface area contributed by atoms with E-state index in [9.17, 15) is 4.79 Å². The fraction of sp³-hybridized carbons (Fsp3) is 0.500. The summed E-state index contributed by atoms with van der Waals surface area (Å²) in [6.45, 7) is 4.56. The molecule has 0 saturated carbocycles. The highest BCUT2D eigenvalue weighted by molar-refractivity contribution is 5.76. The molecule has 1 aromatic rings. The van der Waals surface area contributed by atoms with Gasteiger partial charge >= 0.3 is 0 Å². The summed E-state index contributed by atoms with van der Waals surface area (Å²) in [5.41, 5.74) is 10.7. The average Bonchev–Trinajstić information content (AvgIpc) is 2.30. The minimum Gasteiger partial charge on any atom is -0.494 e. The third kappa shape index (κ3) is 4.89. The van der Waals surface area contributed by atoms with Crippen LogP contribution in [0.15, 0.2) is 18.2 Å². The van der Waals surface area contributed by atoms with Crippen LogP contribution in [0.2, 0.25) is 0 Å². The van der Waals surface area contributed by atoms with Crippen LogP contribution < -0.4 is 15.9 Å². The van der Waals surface area contributed by atoms with Crippen molar-refractivity contribution in [3.05, 3.63) is 29.3 Å². The van der Waals surface area contributed by atoms with Crippen molar-refractivity contribution in [1.82, 2.24) is 10.4 Å². The van der Waals surface area contributed by atoms with E-state index in [-0.39, 0.29) is 18.4 Å². The molecule has 3 N–H and O–H groups in total. The van der Waals surface area contributed by atoms with Crippen LogP contribution in [-0.2, 0) is 4.79 Å². The van der Waals surface area contributed by atoms with E-state index in [4.69, 9.17) is 10.5 Å². The van der Waals surface area contributed by atoms with Gasteiger partial charge in [0.25, 0.3) is 0 Å². The van der Waals surface area contributed by atoms with E-state index in [2.05, 4.69) is 5.43 Å². The van der Waals surface area contributed by atoms with E-state index >= 15 is 0 Å². The second-order valence-electron chi connectivity index (χ2n) is 4.70. The summed E-state index contributed by atoms with van der Waals surface area (Å²) in [6, 6.07) is 5.47. The molecule has 1 atom stereocenters. The molecule has 0 aliphatic heterocycles. The van der Waals surface area contributed by atoms with Crippen molar-refractivity contribution >= 4 is 5.91 Å².